The number of hydrogen-bond acceptors (Lipinski definition) is 4. The minimum Gasteiger partial charge on any atom is -0.343 e. The normalized spacial score (nSPS) is 15.0. The molecule has 1 heterocycles. The zero-order valence-electron chi connectivity index (χ0n) is 12.1. The standard InChI is InChI=1S/C15H21N3O3/c19-15(17-9-2-1-3-10-17)7-8-16-12-13-5-4-6-14(11-13)18(20)21/h4-6,11,16H,1-3,7-10,12H2. The molecule has 0 atom stereocenters. The van der Waals surface area contributed by atoms with E-state index in [9.17, 15) is 14.9 Å². The number of nitro groups is 1. The third-order valence-electron chi connectivity index (χ3n) is 3.67. The number of hydrogen-bond donors (Lipinski definition) is 1. The topological polar surface area (TPSA) is 75.5 Å². The van der Waals surface area contributed by atoms with Crippen LogP contribution in [0.15, 0.2) is 24.3 Å². The van der Waals surface area contributed by atoms with Gasteiger partial charge in [0, 0.05) is 44.7 Å². The van der Waals surface area contributed by atoms with Crippen molar-refractivity contribution in [3.63, 3.8) is 0 Å². The highest BCUT2D eigenvalue weighted by molar-refractivity contribution is 5.76. The molecule has 6 nitrogen and oxygen atoms in total. The molecule has 21 heavy (non-hydrogen) atoms. The van der Waals surface area contributed by atoms with Gasteiger partial charge < -0.3 is 10.2 Å². The van der Waals surface area contributed by atoms with Crippen LogP contribution in [0.3, 0.4) is 0 Å². The van der Waals surface area contributed by atoms with Crippen molar-refractivity contribution in [1.82, 2.24) is 10.2 Å². The quantitative estimate of drug-likeness (QED) is 0.494. The molecular formula is C15H21N3O3. The molecule has 0 aliphatic carbocycles. The second-order valence-electron chi connectivity index (χ2n) is 5.30. The molecular weight excluding hydrogens is 270 g/mol. The number of carbonyl (C=O) groups excluding carboxylic acids is 1. The maximum atomic E-state index is 11.9. The third-order valence-corrected chi connectivity index (χ3v) is 3.67. The molecule has 1 aromatic rings. The van der Waals surface area contributed by atoms with Crippen molar-refractivity contribution in [2.45, 2.75) is 32.2 Å². The van der Waals surface area contributed by atoms with Crippen molar-refractivity contribution < 1.29 is 9.72 Å². The van der Waals surface area contributed by atoms with Gasteiger partial charge in [-0.3, -0.25) is 14.9 Å². The lowest BCUT2D eigenvalue weighted by Gasteiger charge is -2.26. The molecule has 1 aliphatic heterocycles. The van der Waals surface area contributed by atoms with Gasteiger partial charge >= 0.3 is 0 Å². The summed E-state index contributed by atoms with van der Waals surface area (Å²) in [6.07, 6.45) is 3.91. The minimum absolute atomic E-state index is 0.0960. The number of nitrogens with zero attached hydrogens (tertiary/aromatic N) is 2. The highest BCUT2D eigenvalue weighted by atomic mass is 16.6. The van der Waals surface area contributed by atoms with Crippen LogP contribution in [0.5, 0.6) is 0 Å². The first-order chi connectivity index (χ1) is 10.2. The van der Waals surface area contributed by atoms with E-state index >= 15 is 0 Å². The van der Waals surface area contributed by atoms with Gasteiger partial charge in [0.25, 0.3) is 5.69 Å². The molecule has 0 aromatic heterocycles. The highest BCUT2D eigenvalue weighted by Gasteiger charge is 2.15. The maximum Gasteiger partial charge on any atom is 0.269 e. The van der Waals surface area contributed by atoms with E-state index in [1.165, 1.54) is 12.5 Å². The van der Waals surface area contributed by atoms with Crippen LogP contribution in [0.2, 0.25) is 0 Å². The molecule has 1 N–H and O–H groups in total. The van der Waals surface area contributed by atoms with Gasteiger partial charge in [0.2, 0.25) is 5.91 Å². The Bertz CT molecular complexity index is 499. The number of amides is 1. The van der Waals surface area contributed by atoms with Gasteiger partial charge in [-0.25, -0.2) is 0 Å². The first-order valence-corrected chi connectivity index (χ1v) is 7.38. The van der Waals surface area contributed by atoms with Crippen LogP contribution in [-0.2, 0) is 11.3 Å². The van der Waals surface area contributed by atoms with Gasteiger partial charge in [0.05, 0.1) is 4.92 Å². The summed E-state index contributed by atoms with van der Waals surface area (Å²) in [6.45, 7) is 2.89. The van der Waals surface area contributed by atoms with Crippen molar-refractivity contribution in [2.75, 3.05) is 19.6 Å². The number of carbonyl (C=O) groups is 1. The fourth-order valence-corrected chi connectivity index (χ4v) is 2.51. The van der Waals surface area contributed by atoms with Gasteiger partial charge in [-0.15, -0.1) is 0 Å². The Hall–Kier alpha value is -1.95. The van der Waals surface area contributed by atoms with Gasteiger partial charge in [0.15, 0.2) is 0 Å². The summed E-state index contributed by atoms with van der Waals surface area (Å²) < 4.78 is 0. The molecule has 0 bridgehead atoms. The average molecular weight is 291 g/mol. The Kier molecular flexibility index (Phi) is 5.68. The maximum absolute atomic E-state index is 11.9. The predicted molar refractivity (Wildman–Crippen MR) is 79.9 cm³/mol. The fourth-order valence-electron chi connectivity index (χ4n) is 2.51. The third kappa shape index (κ3) is 4.82. The largest absolute Gasteiger partial charge is 0.343 e. The molecule has 1 amide bonds. The molecule has 0 spiro atoms. The fraction of sp³-hybridized carbons (Fsp3) is 0.533. The molecule has 6 heteroatoms. The number of non-ortho nitro benzene ring substituents is 1. The zero-order chi connectivity index (χ0) is 15.1. The lowest BCUT2D eigenvalue weighted by Crippen LogP contribution is -2.37. The molecule has 1 saturated heterocycles. The monoisotopic (exact) mass is 291 g/mol. The number of rotatable bonds is 6. The second-order valence-corrected chi connectivity index (χ2v) is 5.30. The number of nitrogens with one attached hydrogen (secondary N) is 1. The Morgan fingerprint density at radius 2 is 2.05 bits per heavy atom. The zero-order valence-corrected chi connectivity index (χ0v) is 12.1. The van der Waals surface area contributed by atoms with Crippen LogP contribution < -0.4 is 5.32 Å². The van der Waals surface area contributed by atoms with Gasteiger partial charge in [-0.2, -0.15) is 0 Å². The molecule has 1 aromatic carbocycles. The van der Waals surface area contributed by atoms with Crippen molar-refractivity contribution in [3.05, 3.63) is 39.9 Å². The average Bonchev–Trinajstić information content (AvgIpc) is 2.52. The van der Waals surface area contributed by atoms with Crippen LogP contribution in [0, 0.1) is 10.1 Å². The van der Waals surface area contributed by atoms with Crippen molar-refractivity contribution >= 4 is 11.6 Å². The smallest absolute Gasteiger partial charge is 0.269 e. The number of likely N-dealkylation sites (tertiary alicyclic amines) is 1. The Morgan fingerprint density at radius 1 is 1.29 bits per heavy atom. The first kappa shape index (κ1) is 15.4. The Balaban J connectivity index is 1.70. The van der Waals surface area contributed by atoms with E-state index in [2.05, 4.69) is 5.32 Å². The number of nitro benzene ring substituents is 1. The summed E-state index contributed by atoms with van der Waals surface area (Å²) >= 11 is 0. The van der Waals surface area contributed by atoms with Crippen LogP contribution in [-0.4, -0.2) is 35.4 Å². The summed E-state index contributed by atoms with van der Waals surface area (Å²) in [5.74, 6) is 0.196. The molecule has 114 valence electrons. The van der Waals surface area contributed by atoms with E-state index in [1.54, 1.807) is 12.1 Å². The minimum atomic E-state index is -0.399. The summed E-state index contributed by atoms with van der Waals surface area (Å²) in [6, 6.07) is 6.54. The Labute approximate surface area is 124 Å². The van der Waals surface area contributed by atoms with E-state index < -0.39 is 4.92 Å². The molecule has 1 fully saturated rings. The predicted octanol–water partition coefficient (Wildman–Crippen LogP) is 2.09. The second kappa shape index (κ2) is 7.73. The van der Waals surface area contributed by atoms with Crippen LogP contribution in [0.4, 0.5) is 5.69 Å². The lowest BCUT2D eigenvalue weighted by molar-refractivity contribution is -0.384. The van der Waals surface area contributed by atoms with E-state index in [1.807, 2.05) is 11.0 Å². The lowest BCUT2D eigenvalue weighted by atomic mass is 10.1. The van der Waals surface area contributed by atoms with E-state index in [0.29, 0.717) is 19.5 Å². The SMILES string of the molecule is O=C(CCNCc1cccc([N+](=O)[O-])c1)N1CCCCC1. The summed E-state index contributed by atoms with van der Waals surface area (Å²) in [5.41, 5.74) is 0.952. The summed E-state index contributed by atoms with van der Waals surface area (Å²) in [7, 11) is 0. The molecule has 0 radical (unpaired) electrons. The van der Waals surface area contributed by atoms with Gasteiger partial charge in [-0.1, -0.05) is 12.1 Å². The molecule has 2 rings (SSSR count). The van der Waals surface area contributed by atoms with Crippen LogP contribution >= 0.6 is 0 Å². The number of benzene rings is 1. The molecule has 0 saturated carbocycles. The Morgan fingerprint density at radius 3 is 2.76 bits per heavy atom. The van der Waals surface area contributed by atoms with Crippen molar-refractivity contribution in [3.8, 4) is 0 Å². The van der Waals surface area contributed by atoms with E-state index in [0.717, 1.165) is 31.5 Å². The van der Waals surface area contributed by atoms with E-state index in [-0.39, 0.29) is 11.6 Å². The van der Waals surface area contributed by atoms with Crippen LogP contribution in [0.1, 0.15) is 31.2 Å². The number of piperidine rings is 1. The van der Waals surface area contributed by atoms with Gasteiger partial charge in [0.1, 0.15) is 0 Å². The summed E-state index contributed by atoms with van der Waals surface area (Å²) in [4.78, 5) is 24.2. The molecule has 0 unspecified atom stereocenters. The van der Waals surface area contributed by atoms with Gasteiger partial charge in [-0.05, 0) is 24.8 Å². The van der Waals surface area contributed by atoms with Crippen molar-refractivity contribution in [2.24, 2.45) is 0 Å². The molecule has 1 aliphatic rings. The summed E-state index contributed by atoms with van der Waals surface area (Å²) in [5, 5.41) is 13.9. The first-order valence-electron chi connectivity index (χ1n) is 7.38. The van der Waals surface area contributed by atoms with E-state index in [4.69, 9.17) is 0 Å². The van der Waals surface area contributed by atoms with Crippen molar-refractivity contribution in [1.29, 1.82) is 0 Å². The highest BCUT2D eigenvalue weighted by Crippen LogP contribution is 2.13. The van der Waals surface area contributed by atoms with Crippen LogP contribution in [0.25, 0.3) is 0 Å².